The average molecular weight is 403 g/mol. The fraction of sp³-hybridized carbons (Fsp3) is 0.391. The molecule has 0 radical (unpaired) electrons. The van der Waals surface area contributed by atoms with Crippen molar-refractivity contribution in [3.63, 3.8) is 0 Å². The molecular formula is C23H24F3NO2. The Bertz CT molecular complexity index is 852. The average Bonchev–Trinajstić information content (AvgIpc) is 2.71. The van der Waals surface area contributed by atoms with Crippen LogP contribution >= 0.6 is 0 Å². The van der Waals surface area contributed by atoms with Gasteiger partial charge >= 0.3 is 12.1 Å². The van der Waals surface area contributed by atoms with Crippen LogP contribution in [0.5, 0.6) is 0 Å². The number of halogens is 3. The van der Waals surface area contributed by atoms with E-state index in [0.717, 1.165) is 42.7 Å². The lowest BCUT2D eigenvalue weighted by atomic mass is 9.72. The van der Waals surface area contributed by atoms with Gasteiger partial charge in [-0.3, -0.25) is 0 Å². The van der Waals surface area contributed by atoms with Crippen molar-refractivity contribution in [3.05, 3.63) is 71.3 Å². The smallest absolute Gasteiger partial charge is 0.313 e. The number of alkyl halides is 3. The molecule has 0 aliphatic heterocycles. The van der Waals surface area contributed by atoms with E-state index in [2.05, 4.69) is 12.1 Å². The second kappa shape index (κ2) is 8.80. The number of oxime groups is 1. The summed E-state index contributed by atoms with van der Waals surface area (Å²) in [5.74, 6) is -0.777. The van der Waals surface area contributed by atoms with Crippen molar-refractivity contribution in [3.8, 4) is 0 Å². The van der Waals surface area contributed by atoms with Gasteiger partial charge in [-0.15, -0.1) is 0 Å². The van der Waals surface area contributed by atoms with E-state index >= 15 is 0 Å². The molecule has 1 fully saturated rings. The molecule has 29 heavy (non-hydrogen) atoms. The second-order valence-corrected chi connectivity index (χ2v) is 7.91. The Morgan fingerprint density at radius 2 is 1.59 bits per heavy atom. The first-order valence-corrected chi connectivity index (χ1v) is 9.78. The molecule has 0 heterocycles. The minimum absolute atomic E-state index is 0.0260. The van der Waals surface area contributed by atoms with E-state index in [9.17, 15) is 18.0 Å². The van der Waals surface area contributed by atoms with E-state index in [-0.39, 0.29) is 11.0 Å². The van der Waals surface area contributed by atoms with Crippen LogP contribution in [0.3, 0.4) is 0 Å². The molecule has 0 atom stereocenters. The summed E-state index contributed by atoms with van der Waals surface area (Å²) >= 11 is 0. The van der Waals surface area contributed by atoms with Gasteiger partial charge < -0.3 is 4.84 Å². The van der Waals surface area contributed by atoms with Gasteiger partial charge in [0.1, 0.15) is 0 Å². The van der Waals surface area contributed by atoms with Crippen LogP contribution in [-0.2, 0) is 11.0 Å². The molecule has 0 saturated heterocycles. The summed E-state index contributed by atoms with van der Waals surface area (Å²) in [6.45, 7) is 2.22. The van der Waals surface area contributed by atoms with E-state index in [1.807, 2.05) is 30.3 Å². The predicted molar refractivity (Wildman–Crippen MR) is 106 cm³/mol. The number of benzene rings is 2. The van der Waals surface area contributed by atoms with Crippen LogP contribution < -0.4 is 0 Å². The van der Waals surface area contributed by atoms with Crippen molar-refractivity contribution in [2.75, 3.05) is 0 Å². The number of nitrogens with zero attached hydrogens (tertiary/aromatic N) is 1. The van der Waals surface area contributed by atoms with Gasteiger partial charge in [-0.25, -0.2) is 4.79 Å². The Labute approximate surface area is 168 Å². The summed E-state index contributed by atoms with van der Waals surface area (Å²) in [5, 5.41) is 4.13. The Balaban J connectivity index is 1.78. The molecular weight excluding hydrogens is 379 g/mol. The zero-order valence-corrected chi connectivity index (χ0v) is 16.3. The maximum absolute atomic E-state index is 12.7. The summed E-state index contributed by atoms with van der Waals surface area (Å²) < 4.78 is 38.0. The van der Waals surface area contributed by atoms with Crippen molar-refractivity contribution in [1.82, 2.24) is 0 Å². The van der Waals surface area contributed by atoms with Crippen LogP contribution in [0.1, 0.15) is 66.9 Å². The fourth-order valence-electron chi connectivity index (χ4n) is 3.75. The molecule has 154 valence electrons. The number of hydrogen-bond acceptors (Lipinski definition) is 3. The molecule has 1 aliphatic rings. The molecule has 2 aromatic rings. The molecule has 0 N–H and O–H groups in total. The largest absolute Gasteiger partial charge is 0.416 e. The molecule has 6 heteroatoms. The van der Waals surface area contributed by atoms with Crippen molar-refractivity contribution < 1.29 is 22.8 Å². The van der Waals surface area contributed by atoms with Crippen molar-refractivity contribution in [2.45, 2.75) is 51.6 Å². The van der Waals surface area contributed by atoms with Crippen LogP contribution in [0.4, 0.5) is 13.2 Å². The minimum atomic E-state index is -4.45. The highest BCUT2D eigenvalue weighted by molar-refractivity contribution is 6.01. The zero-order valence-electron chi connectivity index (χ0n) is 16.3. The molecule has 1 saturated carbocycles. The Kier molecular flexibility index (Phi) is 6.40. The maximum Gasteiger partial charge on any atom is 0.416 e. The first-order valence-electron chi connectivity index (χ1n) is 9.78. The Hall–Kier alpha value is -2.63. The lowest BCUT2D eigenvalue weighted by Crippen LogP contribution is -2.24. The molecule has 3 rings (SSSR count). The number of hydrogen-bond donors (Lipinski definition) is 0. The first-order chi connectivity index (χ1) is 13.8. The quantitative estimate of drug-likeness (QED) is 0.319. The predicted octanol–water partition coefficient (Wildman–Crippen LogP) is 6.63. The molecule has 3 nitrogen and oxygen atoms in total. The van der Waals surface area contributed by atoms with Crippen LogP contribution in [-0.4, -0.2) is 11.7 Å². The molecule has 0 unspecified atom stereocenters. The summed E-state index contributed by atoms with van der Waals surface area (Å²) in [4.78, 5) is 17.4. The molecule has 0 spiro atoms. The van der Waals surface area contributed by atoms with Gasteiger partial charge in [-0.2, -0.15) is 13.2 Å². The van der Waals surface area contributed by atoms with E-state index in [1.165, 1.54) is 19.3 Å². The SMILES string of the molecule is CC1(C/C(=N/OC(=O)c2ccc(C(F)(F)F)cc2)c2ccccc2)CCCCC1. The zero-order chi connectivity index (χ0) is 20.9. The van der Waals surface area contributed by atoms with Gasteiger partial charge in [-0.05, 0) is 54.5 Å². The van der Waals surface area contributed by atoms with Gasteiger partial charge in [0.15, 0.2) is 0 Å². The maximum atomic E-state index is 12.7. The normalized spacial score (nSPS) is 17.0. The van der Waals surface area contributed by atoms with Crippen LogP contribution in [0.25, 0.3) is 0 Å². The van der Waals surface area contributed by atoms with Crippen molar-refractivity contribution in [2.24, 2.45) is 10.6 Å². The van der Waals surface area contributed by atoms with E-state index in [1.54, 1.807) is 0 Å². The summed E-state index contributed by atoms with van der Waals surface area (Å²) in [6.07, 6.45) is 1.98. The van der Waals surface area contributed by atoms with Crippen molar-refractivity contribution in [1.29, 1.82) is 0 Å². The summed E-state index contributed by atoms with van der Waals surface area (Å²) in [6, 6.07) is 13.4. The number of carbonyl (C=O) groups excluding carboxylic acids is 1. The third-order valence-electron chi connectivity index (χ3n) is 5.45. The minimum Gasteiger partial charge on any atom is -0.313 e. The van der Waals surface area contributed by atoms with Crippen LogP contribution in [0.15, 0.2) is 59.8 Å². The number of rotatable bonds is 5. The Morgan fingerprint density at radius 1 is 0.966 bits per heavy atom. The van der Waals surface area contributed by atoms with Crippen molar-refractivity contribution >= 4 is 11.7 Å². The van der Waals surface area contributed by atoms with E-state index in [4.69, 9.17) is 4.84 Å². The highest BCUT2D eigenvalue weighted by Crippen LogP contribution is 2.39. The fourth-order valence-corrected chi connectivity index (χ4v) is 3.75. The lowest BCUT2D eigenvalue weighted by molar-refractivity contribution is -0.137. The topological polar surface area (TPSA) is 38.7 Å². The highest BCUT2D eigenvalue weighted by atomic mass is 19.4. The Morgan fingerprint density at radius 3 is 2.17 bits per heavy atom. The molecule has 2 aromatic carbocycles. The third-order valence-corrected chi connectivity index (χ3v) is 5.45. The number of carbonyl (C=O) groups is 1. The molecule has 0 amide bonds. The van der Waals surface area contributed by atoms with Gasteiger partial charge in [-0.1, -0.05) is 61.7 Å². The van der Waals surface area contributed by atoms with Gasteiger partial charge in [0.05, 0.1) is 16.8 Å². The van der Waals surface area contributed by atoms with Gasteiger partial charge in [0, 0.05) is 0 Å². The standard InChI is InChI=1S/C23H24F3NO2/c1-22(14-6-3-7-15-22)16-20(17-8-4-2-5-9-17)27-29-21(28)18-10-12-19(13-11-18)23(24,25)26/h2,4-5,8-13H,3,6-7,14-16H2,1H3/b27-20-. The summed E-state index contributed by atoms with van der Waals surface area (Å²) in [7, 11) is 0. The molecule has 0 aromatic heterocycles. The summed E-state index contributed by atoms with van der Waals surface area (Å²) in [5.41, 5.74) is 0.855. The molecule has 1 aliphatic carbocycles. The molecule has 0 bridgehead atoms. The second-order valence-electron chi connectivity index (χ2n) is 7.91. The monoisotopic (exact) mass is 403 g/mol. The van der Waals surface area contributed by atoms with Crippen LogP contribution in [0, 0.1) is 5.41 Å². The lowest BCUT2D eigenvalue weighted by Gasteiger charge is -2.33. The first kappa shape index (κ1) is 21.1. The highest BCUT2D eigenvalue weighted by Gasteiger charge is 2.31. The third kappa shape index (κ3) is 5.68. The van der Waals surface area contributed by atoms with E-state index < -0.39 is 17.7 Å². The van der Waals surface area contributed by atoms with E-state index in [0.29, 0.717) is 12.1 Å². The van der Waals surface area contributed by atoms with Crippen LogP contribution in [0.2, 0.25) is 0 Å². The van der Waals surface area contributed by atoms with Gasteiger partial charge in [0.2, 0.25) is 0 Å². The van der Waals surface area contributed by atoms with Gasteiger partial charge in [0.25, 0.3) is 0 Å².